The fourth-order valence-corrected chi connectivity index (χ4v) is 0.997. The van der Waals surface area contributed by atoms with E-state index in [0.29, 0.717) is 16.8 Å². The minimum Gasteiger partial charge on any atom is -0.506 e. The van der Waals surface area contributed by atoms with Crippen LogP contribution in [0.3, 0.4) is 0 Å². The van der Waals surface area contributed by atoms with E-state index in [0.717, 1.165) is 0 Å². The first-order valence-corrected chi connectivity index (χ1v) is 3.58. The molecule has 1 aromatic heterocycles. The summed E-state index contributed by atoms with van der Waals surface area (Å²) in [4.78, 5) is 3.84. The lowest BCUT2D eigenvalue weighted by Crippen LogP contribution is -1.98. The van der Waals surface area contributed by atoms with Crippen molar-refractivity contribution in [1.82, 2.24) is 4.98 Å². The summed E-state index contributed by atoms with van der Waals surface area (Å²) in [5, 5.41) is 27.0. The van der Waals surface area contributed by atoms with E-state index in [9.17, 15) is 5.11 Å². The summed E-state index contributed by atoms with van der Waals surface area (Å²) < 4.78 is 0. The highest BCUT2D eigenvalue weighted by molar-refractivity contribution is 5.39. The van der Waals surface area contributed by atoms with Crippen molar-refractivity contribution in [3.05, 3.63) is 23.0 Å². The number of aliphatic hydroxyl groups excluding tert-OH is 2. The van der Waals surface area contributed by atoms with Crippen molar-refractivity contribution in [1.29, 1.82) is 0 Å². The Hall–Kier alpha value is -1.13. The fraction of sp³-hybridized carbons (Fsp3) is 0.375. The monoisotopic (exact) mass is 170 g/mol. The van der Waals surface area contributed by atoms with Crippen molar-refractivity contribution >= 4 is 0 Å². The quantitative estimate of drug-likeness (QED) is 0.549. The van der Waals surface area contributed by atoms with E-state index in [-0.39, 0.29) is 19.0 Å². The molecule has 0 saturated heterocycles. The van der Waals surface area contributed by atoms with Crippen molar-refractivity contribution in [2.45, 2.75) is 20.1 Å². The van der Waals surface area contributed by atoms with E-state index >= 15 is 0 Å². The average Bonchev–Trinajstić information content (AvgIpc) is 2.09. The maximum atomic E-state index is 9.38. The predicted octanol–water partition coefficient (Wildman–Crippen LogP) is 0.0802. The van der Waals surface area contributed by atoms with Crippen LogP contribution in [-0.2, 0) is 13.2 Å². The number of aromatic nitrogens is 1. The van der Waals surface area contributed by atoms with E-state index in [1.54, 1.807) is 6.92 Å². The molecule has 0 fully saturated rings. The van der Waals surface area contributed by atoms with Gasteiger partial charge in [0.15, 0.2) is 0 Å². The van der Waals surface area contributed by atoms with E-state index in [2.05, 4.69) is 4.98 Å². The van der Waals surface area contributed by atoms with Crippen molar-refractivity contribution in [3.63, 3.8) is 0 Å². The van der Waals surface area contributed by atoms with Crippen LogP contribution in [0.4, 0.5) is 0 Å². The van der Waals surface area contributed by atoms with Gasteiger partial charge in [-0.05, 0) is 6.92 Å². The van der Waals surface area contributed by atoms with Crippen LogP contribution in [0, 0.1) is 6.92 Å². The molecule has 12 heavy (non-hydrogen) atoms. The number of aromatic hydroxyl groups is 1. The van der Waals surface area contributed by atoms with Gasteiger partial charge in [-0.15, -0.1) is 0 Å². The lowest BCUT2D eigenvalue weighted by molar-refractivity contribution is 0.254. The van der Waals surface area contributed by atoms with Crippen LogP contribution in [0.2, 0.25) is 0 Å². The highest BCUT2D eigenvalue weighted by atomic mass is 16.3. The molecule has 0 amide bonds. The number of rotatable bonds is 2. The Kier molecular flexibility index (Phi) is 2.62. The van der Waals surface area contributed by atoms with Crippen LogP contribution < -0.4 is 0 Å². The number of aliphatic hydroxyl groups is 2. The van der Waals surface area contributed by atoms with Crippen LogP contribution in [-0.4, -0.2) is 20.3 Å². The van der Waals surface area contributed by atoms with Gasteiger partial charge in [0.05, 0.1) is 18.9 Å². The zero-order valence-electron chi connectivity index (χ0n) is 6.78. The molecule has 0 aliphatic carbocycles. The minimum atomic E-state index is -0.287. The number of aryl methyl sites for hydroxylation is 1. The van der Waals surface area contributed by atoms with Crippen molar-refractivity contribution in [2.75, 3.05) is 0 Å². The highest BCUT2D eigenvalue weighted by Gasteiger charge is 2.09. The molecule has 4 nitrogen and oxygen atoms in total. The van der Waals surface area contributed by atoms with Gasteiger partial charge in [-0.25, -0.2) is 0 Å². The zero-order valence-corrected chi connectivity index (χ0v) is 6.78. The lowest BCUT2D eigenvalue weighted by Gasteiger charge is -2.07. The van der Waals surface area contributed by atoms with Gasteiger partial charge in [0.25, 0.3) is 0 Å². The van der Waals surface area contributed by atoms with Crippen LogP contribution in [0.1, 0.15) is 16.8 Å². The molecular formula is C8H11NO3. The standard InChI is InChI=1S/C8H11NO3/c1-5-8(12)7(4-11)6(3-10)2-9-5/h2,10-12H,3-4H2,1H3/i4+1. The summed E-state index contributed by atoms with van der Waals surface area (Å²) in [5.41, 5.74) is 1.27. The SMILES string of the molecule is Cc1ncc(CO)c([13CH2]O)c1O. The Morgan fingerprint density at radius 3 is 2.50 bits per heavy atom. The van der Waals surface area contributed by atoms with E-state index in [1.807, 2.05) is 0 Å². The van der Waals surface area contributed by atoms with Crippen LogP contribution in [0.5, 0.6) is 5.75 Å². The van der Waals surface area contributed by atoms with Crippen LogP contribution in [0.25, 0.3) is 0 Å². The second-order valence-corrected chi connectivity index (χ2v) is 2.51. The predicted molar refractivity (Wildman–Crippen MR) is 42.5 cm³/mol. The number of nitrogens with zero attached hydrogens (tertiary/aromatic N) is 1. The molecule has 3 N–H and O–H groups in total. The Morgan fingerprint density at radius 1 is 1.33 bits per heavy atom. The van der Waals surface area contributed by atoms with Crippen LogP contribution >= 0.6 is 0 Å². The minimum absolute atomic E-state index is 0.0379. The normalized spacial score (nSPS) is 10.2. The Balaban J connectivity index is 3.25. The second-order valence-electron chi connectivity index (χ2n) is 2.51. The highest BCUT2D eigenvalue weighted by Crippen LogP contribution is 2.23. The molecule has 1 heterocycles. The molecule has 66 valence electrons. The number of hydrogen-bond acceptors (Lipinski definition) is 4. The smallest absolute Gasteiger partial charge is 0.142 e. The van der Waals surface area contributed by atoms with E-state index < -0.39 is 0 Å². The first kappa shape index (κ1) is 8.96. The maximum absolute atomic E-state index is 9.38. The topological polar surface area (TPSA) is 73.6 Å². The van der Waals surface area contributed by atoms with Gasteiger partial charge >= 0.3 is 0 Å². The van der Waals surface area contributed by atoms with Gasteiger partial charge in [0.1, 0.15) is 5.75 Å². The Morgan fingerprint density at radius 2 is 2.00 bits per heavy atom. The third-order valence-corrected chi connectivity index (χ3v) is 1.76. The first-order chi connectivity index (χ1) is 5.70. The molecule has 1 rings (SSSR count). The van der Waals surface area contributed by atoms with Gasteiger partial charge in [-0.3, -0.25) is 4.98 Å². The largest absolute Gasteiger partial charge is 0.506 e. The summed E-state index contributed by atoms with van der Waals surface area (Å²) in [6, 6.07) is 0. The molecular weight excluding hydrogens is 159 g/mol. The third kappa shape index (κ3) is 1.39. The van der Waals surface area contributed by atoms with Gasteiger partial charge in [0, 0.05) is 17.3 Å². The third-order valence-electron chi connectivity index (χ3n) is 1.76. The summed E-state index contributed by atoms with van der Waals surface area (Å²) in [6.45, 7) is 1.12. The van der Waals surface area contributed by atoms with Crippen molar-refractivity contribution < 1.29 is 15.3 Å². The second kappa shape index (κ2) is 3.51. The first-order valence-electron chi connectivity index (χ1n) is 3.58. The van der Waals surface area contributed by atoms with Crippen LogP contribution in [0.15, 0.2) is 6.20 Å². The molecule has 0 unspecified atom stereocenters. The zero-order chi connectivity index (χ0) is 9.14. The molecule has 0 radical (unpaired) electrons. The molecule has 0 aromatic carbocycles. The Bertz CT molecular complexity index is 286. The van der Waals surface area contributed by atoms with Gasteiger partial charge in [0.2, 0.25) is 0 Å². The lowest BCUT2D eigenvalue weighted by atomic mass is 10.2. The summed E-state index contributed by atoms with van der Waals surface area (Å²) in [7, 11) is 0. The van der Waals surface area contributed by atoms with Gasteiger partial charge in [-0.1, -0.05) is 0 Å². The molecule has 0 spiro atoms. The summed E-state index contributed by atoms with van der Waals surface area (Å²) in [5.74, 6) is -0.0379. The Labute approximate surface area is 70.1 Å². The number of hydrogen-bond donors (Lipinski definition) is 3. The molecule has 4 heteroatoms. The molecule has 0 aliphatic rings. The molecule has 1 aromatic rings. The molecule has 0 bridgehead atoms. The van der Waals surface area contributed by atoms with E-state index in [4.69, 9.17) is 10.2 Å². The summed E-state index contributed by atoms with van der Waals surface area (Å²) in [6.07, 6.45) is 1.45. The van der Waals surface area contributed by atoms with Crippen molar-refractivity contribution in [2.24, 2.45) is 0 Å². The molecule has 0 atom stereocenters. The number of pyridine rings is 1. The molecule has 0 saturated carbocycles. The fourth-order valence-electron chi connectivity index (χ4n) is 0.997. The summed E-state index contributed by atoms with van der Waals surface area (Å²) >= 11 is 0. The van der Waals surface area contributed by atoms with E-state index in [1.165, 1.54) is 6.20 Å². The average molecular weight is 170 g/mol. The van der Waals surface area contributed by atoms with Crippen molar-refractivity contribution in [3.8, 4) is 5.75 Å². The van der Waals surface area contributed by atoms with Gasteiger partial charge in [-0.2, -0.15) is 0 Å². The molecule has 0 aliphatic heterocycles. The van der Waals surface area contributed by atoms with Gasteiger partial charge < -0.3 is 15.3 Å². The maximum Gasteiger partial charge on any atom is 0.142 e.